The van der Waals surface area contributed by atoms with Crippen LogP contribution in [-0.4, -0.2) is 64.7 Å². The summed E-state index contributed by atoms with van der Waals surface area (Å²) in [5.74, 6) is 1.76. The van der Waals surface area contributed by atoms with Crippen molar-refractivity contribution >= 4 is 11.9 Å². The highest BCUT2D eigenvalue weighted by Gasteiger charge is 2.20. The van der Waals surface area contributed by atoms with Crippen LogP contribution in [0, 0.1) is 0 Å². The summed E-state index contributed by atoms with van der Waals surface area (Å²) < 4.78 is 1.75. The number of unbranched alkanes of at least 4 members (excludes halogenated alkanes) is 1. The van der Waals surface area contributed by atoms with Crippen molar-refractivity contribution in [2.75, 3.05) is 44.2 Å². The van der Waals surface area contributed by atoms with Gasteiger partial charge in [-0.2, -0.15) is 0 Å². The average molecular weight is 384 g/mol. The second kappa shape index (κ2) is 10.4. The Labute approximate surface area is 165 Å². The number of nitrogens with one attached hydrogen (secondary N) is 1. The van der Waals surface area contributed by atoms with E-state index in [1.54, 1.807) is 29.1 Å². The molecule has 1 aliphatic heterocycles. The third kappa shape index (κ3) is 5.55. The molecule has 3 rings (SSSR count). The lowest BCUT2D eigenvalue weighted by Crippen LogP contribution is -2.53. The van der Waals surface area contributed by atoms with Gasteiger partial charge in [0.15, 0.2) is 5.96 Å². The fourth-order valence-electron chi connectivity index (χ4n) is 3.22. The van der Waals surface area contributed by atoms with Crippen LogP contribution >= 0.6 is 0 Å². The number of aliphatic imine (C=N–C) groups is 1. The molecule has 0 saturated carbocycles. The SMILES string of the molecule is CCNC(=NCCCCn1ccccc1=O)N1CCN(c2ncccn2)CC1. The van der Waals surface area contributed by atoms with Crippen LogP contribution in [0.2, 0.25) is 0 Å². The van der Waals surface area contributed by atoms with E-state index in [2.05, 4.69) is 32.0 Å². The van der Waals surface area contributed by atoms with Gasteiger partial charge >= 0.3 is 0 Å². The Kier molecular flexibility index (Phi) is 7.40. The topological polar surface area (TPSA) is 78.7 Å². The monoisotopic (exact) mass is 383 g/mol. The van der Waals surface area contributed by atoms with Gasteiger partial charge in [0, 0.05) is 70.5 Å². The van der Waals surface area contributed by atoms with Gasteiger partial charge in [0.25, 0.3) is 0 Å². The lowest BCUT2D eigenvalue weighted by molar-refractivity contribution is 0.370. The lowest BCUT2D eigenvalue weighted by Gasteiger charge is -2.36. The minimum Gasteiger partial charge on any atom is -0.357 e. The molecule has 3 heterocycles. The highest BCUT2D eigenvalue weighted by Crippen LogP contribution is 2.10. The van der Waals surface area contributed by atoms with Gasteiger partial charge < -0.3 is 19.7 Å². The van der Waals surface area contributed by atoms with Crippen LogP contribution in [0.3, 0.4) is 0 Å². The number of pyridine rings is 1. The molecule has 0 unspecified atom stereocenters. The molecule has 1 saturated heterocycles. The molecule has 2 aromatic heterocycles. The minimum absolute atomic E-state index is 0.0552. The van der Waals surface area contributed by atoms with E-state index in [0.717, 1.165) is 70.6 Å². The smallest absolute Gasteiger partial charge is 0.250 e. The van der Waals surface area contributed by atoms with Crippen molar-refractivity contribution in [1.29, 1.82) is 0 Å². The van der Waals surface area contributed by atoms with Gasteiger partial charge in [-0.15, -0.1) is 0 Å². The zero-order chi connectivity index (χ0) is 19.6. The summed E-state index contributed by atoms with van der Waals surface area (Å²) >= 11 is 0. The van der Waals surface area contributed by atoms with Crippen molar-refractivity contribution in [2.24, 2.45) is 4.99 Å². The van der Waals surface area contributed by atoms with Crippen molar-refractivity contribution in [3.63, 3.8) is 0 Å². The van der Waals surface area contributed by atoms with Gasteiger partial charge in [-0.1, -0.05) is 6.07 Å². The average Bonchev–Trinajstić information content (AvgIpc) is 2.75. The summed E-state index contributed by atoms with van der Waals surface area (Å²) in [6.07, 6.45) is 7.29. The highest BCUT2D eigenvalue weighted by molar-refractivity contribution is 5.80. The summed E-state index contributed by atoms with van der Waals surface area (Å²) in [7, 11) is 0. The molecular weight excluding hydrogens is 354 g/mol. The Hall–Kier alpha value is -2.90. The molecule has 1 fully saturated rings. The third-order valence-corrected chi connectivity index (χ3v) is 4.72. The first kappa shape index (κ1) is 19.9. The maximum atomic E-state index is 11.7. The van der Waals surface area contributed by atoms with Gasteiger partial charge in [-0.3, -0.25) is 9.79 Å². The largest absolute Gasteiger partial charge is 0.357 e. The second-order valence-corrected chi connectivity index (χ2v) is 6.70. The van der Waals surface area contributed by atoms with E-state index in [-0.39, 0.29) is 5.56 Å². The number of hydrogen-bond acceptors (Lipinski definition) is 5. The number of hydrogen-bond donors (Lipinski definition) is 1. The molecule has 0 radical (unpaired) electrons. The molecule has 0 atom stereocenters. The lowest BCUT2D eigenvalue weighted by atomic mass is 10.3. The van der Waals surface area contributed by atoms with Crippen molar-refractivity contribution in [3.8, 4) is 0 Å². The molecule has 0 aromatic carbocycles. The van der Waals surface area contributed by atoms with Crippen molar-refractivity contribution in [1.82, 2.24) is 24.8 Å². The Morgan fingerprint density at radius 1 is 1.11 bits per heavy atom. The van der Waals surface area contributed by atoms with E-state index in [1.807, 2.05) is 18.3 Å². The number of nitrogens with zero attached hydrogens (tertiary/aromatic N) is 6. The molecule has 8 heteroatoms. The van der Waals surface area contributed by atoms with Crippen LogP contribution in [0.1, 0.15) is 19.8 Å². The van der Waals surface area contributed by atoms with Gasteiger partial charge in [-0.05, 0) is 31.9 Å². The van der Waals surface area contributed by atoms with Crippen molar-refractivity contribution < 1.29 is 0 Å². The zero-order valence-corrected chi connectivity index (χ0v) is 16.5. The van der Waals surface area contributed by atoms with Crippen molar-refractivity contribution in [2.45, 2.75) is 26.3 Å². The van der Waals surface area contributed by atoms with Gasteiger partial charge in [0.2, 0.25) is 11.5 Å². The molecule has 0 spiro atoms. The van der Waals surface area contributed by atoms with Crippen LogP contribution in [0.15, 0.2) is 52.6 Å². The predicted molar refractivity (Wildman–Crippen MR) is 112 cm³/mol. The van der Waals surface area contributed by atoms with Gasteiger partial charge in [0.05, 0.1) is 0 Å². The fraction of sp³-hybridized carbons (Fsp3) is 0.500. The zero-order valence-electron chi connectivity index (χ0n) is 16.5. The minimum atomic E-state index is 0.0552. The fourth-order valence-corrected chi connectivity index (χ4v) is 3.22. The summed E-state index contributed by atoms with van der Waals surface area (Å²) in [5, 5.41) is 3.40. The molecule has 1 aliphatic rings. The van der Waals surface area contributed by atoms with E-state index in [0.29, 0.717) is 0 Å². The van der Waals surface area contributed by atoms with E-state index in [9.17, 15) is 4.79 Å². The summed E-state index contributed by atoms with van der Waals surface area (Å²) in [5.41, 5.74) is 0.0552. The number of anilines is 1. The quantitative estimate of drug-likeness (QED) is 0.440. The van der Waals surface area contributed by atoms with Crippen molar-refractivity contribution in [3.05, 3.63) is 53.2 Å². The molecule has 2 aromatic rings. The van der Waals surface area contributed by atoms with Crippen LogP contribution < -0.4 is 15.8 Å². The first-order chi connectivity index (χ1) is 13.8. The van der Waals surface area contributed by atoms with Gasteiger partial charge in [-0.25, -0.2) is 9.97 Å². The van der Waals surface area contributed by atoms with E-state index in [1.165, 1.54) is 0 Å². The maximum Gasteiger partial charge on any atom is 0.250 e. The molecular formula is C20H29N7O. The molecule has 0 aliphatic carbocycles. The number of piperazine rings is 1. The third-order valence-electron chi connectivity index (χ3n) is 4.72. The molecule has 0 bridgehead atoms. The maximum absolute atomic E-state index is 11.7. The Bertz CT molecular complexity index is 797. The molecule has 28 heavy (non-hydrogen) atoms. The van der Waals surface area contributed by atoms with E-state index in [4.69, 9.17) is 4.99 Å². The molecule has 8 nitrogen and oxygen atoms in total. The van der Waals surface area contributed by atoms with Crippen LogP contribution in [0.4, 0.5) is 5.95 Å². The molecule has 1 N–H and O–H groups in total. The first-order valence-electron chi connectivity index (χ1n) is 9.98. The predicted octanol–water partition coefficient (Wildman–Crippen LogP) is 1.21. The number of aromatic nitrogens is 3. The molecule has 150 valence electrons. The number of aryl methyl sites for hydroxylation is 1. The number of guanidine groups is 1. The normalized spacial score (nSPS) is 15.0. The standard InChI is InChI=1S/C20H29N7O/c1-2-21-19(22-9-4-6-13-25-12-5-3-8-18(25)28)26-14-16-27(17-15-26)20-23-10-7-11-24-20/h3,5,7-8,10-12H,2,4,6,9,13-17H2,1H3,(H,21,22). The van der Waals surface area contributed by atoms with E-state index < -0.39 is 0 Å². The van der Waals surface area contributed by atoms with Crippen LogP contribution in [-0.2, 0) is 6.54 Å². The Morgan fingerprint density at radius 3 is 2.61 bits per heavy atom. The summed E-state index contributed by atoms with van der Waals surface area (Å²) in [6, 6.07) is 7.10. The second-order valence-electron chi connectivity index (χ2n) is 6.70. The summed E-state index contributed by atoms with van der Waals surface area (Å²) in [4.78, 5) is 29.7. The molecule has 0 amide bonds. The number of rotatable bonds is 7. The van der Waals surface area contributed by atoms with Crippen LogP contribution in [0.25, 0.3) is 0 Å². The first-order valence-corrected chi connectivity index (χ1v) is 9.98. The highest BCUT2D eigenvalue weighted by atomic mass is 16.1. The van der Waals surface area contributed by atoms with E-state index >= 15 is 0 Å². The Balaban J connectivity index is 1.46. The van der Waals surface area contributed by atoms with Gasteiger partial charge in [0.1, 0.15) is 0 Å². The summed E-state index contributed by atoms with van der Waals surface area (Å²) in [6.45, 7) is 7.97. The van der Waals surface area contributed by atoms with Crippen LogP contribution in [0.5, 0.6) is 0 Å². The Morgan fingerprint density at radius 2 is 1.89 bits per heavy atom.